The number of amides is 3. The van der Waals surface area contributed by atoms with E-state index in [0.29, 0.717) is 26.4 Å². The van der Waals surface area contributed by atoms with E-state index in [1.165, 1.54) is 7.05 Å². The second kappa shape index (κ2) is 19.6. The number of nitrogens with one attached hydrogen (secondary N) is 3. The van der Waals surface area contributed by atoms with E-state index < -0.39 is 17.9 Å². The lowest BCUT2D eigenvalue weighted by atomic mass is 10.1. The fourth-order valence-electron chi connectivity index (χ4n) is 2.06. The highest BCUT2D eigenvalue weighted by Crippen LogP contribution is 1.98. The first kappa shape index (κ1) is 28.7. The number of carbonyl (C=O) groups excluding carboxylic acids is 3. The van der Waals surface area contributed by atoms with Gasteiger partial charge in [-0.3, -0.25) is 14.4 Å². The van der Waals surface area contributed by atoms with Crippen LogP contribution in [-0.2, 0) is 38.1 Å². The quantitative estimate of drug-likeness (QED) is 0.121. The molecular formula is C18H34N4O9. The summed E-state index contributed by atoms with van der Waals surface area (Å²) in [6.45, 7) is 1.99. The Balaban J connectivity index is 3.64. The largest absolute Gasteiger partial charge is 0.480 e. The zero-order valence-corrected chi connectivity index (χ0v) is 17.9. The minimum Gasteiger partial charge on any atom is -0.480 e. The van der Waals surface area contributed by atoms with Crippen molar-refractivity contribution in [3.05, 3.63) is 0 Å². The molecule has 0 unspecified atom stereocenters. The van der Waals surface area contributed by atoms with Gasteiger partial charge in [0.1, 0.15) is 19.3 Å². The Hall–Kier alpha value is -2.32. The van der Waals surface area contributed by atoms with Crippen LogP contribution in [0.1, 0.15) is 12.8 Å². The third-order valence-corrected chi connectivity index (χ3v) is 3.61. The molecule has 0 fully saturated rings. The van der Waals surface area contributed by atoms with Crippen molar-refractivity contribution in [1.29, 1.82) is 0 Å². The van der Waals surface area contributed by atoms with E-state index in [1.807, 2.05) is 0 Å². The van der Waals surface area contributed by atoms with Crippen LogP contribution in [0.2, 0.25) is 0 Å². The monoisotopic (exact) mass is 450 g/mol. The number of aliphatic carboxylic acids is 1. The van der Waals surface area contributed by atoms with Gasteiger partial charge in [0.15, 0.2) is 0 Å². The predicted octanol–water partition coefficient (Wildman–Crippen LogP) is -2.78. The van der Waals surface area contributed by atoms with Crippen LogP contribution in [0.5, 0.6) is 0 Å². The Morgan fingerprint density at radius 2 is 1.42 bits per heavy atom. The highest BCUT2D eigenvalue weighted by Gasteiger charge is 2.20. The highest BCUT2D eigenvalue weighted by atomic mass is 16.5. The Morgan fingerprint density at radius 1 is 0.839 bits per heavy atom. The lowest BCUT2D eigenvalue weighted by Gasteiger charge is -2.14. The minimum atomic E-state index is -1.23. The van der Waals surface area contributed by atoms with Crippen molar-refractivity contribution < 1.29 is 43.2 Å². The summed E-state index contributed by atoms with van der Waals surface area (Å²) in [5.41, 5.74) is 5.26. The van der Waals surface area contributed by atoms with E-state index in [1.54, 1.807) is 0 Å². The van der Waals surface area contributed by atoms with Crippen LogP contribution in [0.15, 0.2) is 0 Å². The SMILES string of the molecule is CNC(=O)CC[C@H](NC(=O)COCCOCCNC(=O)COCCOCCN)C(=O)O. The molecule has 13 nitrogen and oxygen atoms in total. The van der Waals surface area contributed by atoms with Gasteiger partial charge in [-0.1, -0.05) is 0 Å². The predicted molar refractivity (Wildman–Crippen MR) is 108 cm³/mol. The van der Waals surface area contributed by atoms with E-state index in [9.17, 15) is 19.2 Å². The average Bonchev–Trinajstić information content (AvgIpc) is 2.74. The average molecular weight is 450 g/mol. The summed E-state index contributed by atoms with van der Waals surface area (Å²) in [7, 11) is 1.44. The third kappa shape index (κ3) is 18.2. The molecule has 0 aliphatic heterocycles. The van der Waals surface area contributed by atoms with Crippen molar-refractivity contribution in [2.75, 3.05) is 73.0 Å². The van der Waals surface area contributed by atoms with Crippen molar-refractivity contribution in [3.8, 4) is 0 Å². The fraction of sp³-hybridized carbons (Fsp3) is 0.778. The Kier molecular flexibility index (Phi) is 18.2. The lowest BCUT2D eigenvalue weighted by Crippen LogP contribution is -2.43. The highest BCUT2D eigenvalue weighted by molar-refractivity contribution is 5.85. The molecule has 0 aliphatic rings. The molecule has 0 rings (SSSR count). The van der Waals surface area contributed by atoms with E-state index in [0.717, 1.165) is 0 Å². The molecule has 31 heavy (non-hydrogen) atoms. The Morgan fingerprint density at radius 3 is 2.00 bits per heavy atom. The zero-order chi connectivity index (χ0) is 23.3. The third-order valence-electron chi connectivity index (χ3n) is 3.61. The first-order chi connectivity index (χ1) is 14.9. The molecule has 13 heteroatoms. The maximum Gasteiger partial charge on any atom is 0.326 e. The molecular weight excluding hydrogens is 416 g/mol. The van der Waals surface area contributed by atoms with Gasteiger partial charge in [-0.15, -0.1) is 0 Å². The van der Waals surface area contributed by atoms with E-state index in [4.69, 9.17) is 29.8 Å². The molecule has 0 spiro atoms. The van der Waals surface area contributed by atoms with Gasteiger partial charge in [0, 0.05) is 26.6 Å². The summed E-state index contributed by atoms with van der Waals surface area (Å²) >= 11 is 0. The molecule has 0 heterocycles. The summed E-state index contributed by atoms with van der Waals surface area (Å²) < 4.78 is 20.6. The van der Waals surface area contributed by atoms with Crippen LogP contribution in [0.3, 0.4) is 0 Å². The van der Waals surface area contributed by atoms with Gasteiger partial charge in [0.05, 0.1) is 39.6 Å². The summed E-state index contributed by atoms with van der Waals surface area (Å²) in [4.78, 5) is 45.5. The number of hydrogen-bond acceptors (Lipinski definition) is 9. The van der Waals surface area contributed by atoms with Crippen molar-refractivity contribution >= 4 is 23.7 Å². The van der Waals surface area contributed by atoms with Crippen LogP contribution >= 0.6 is 0 Å². The van der Waals surface area contributed by atoms with Gasteiger partial charge >= 0.3 is 5.97 Å². The van der Waals surface area contributed by atoms with Crippen LogP contribution in [0.25, 0.3) is 0 Å². The van der Waals surface area contributed by atoms with Crippen LogP contribution in [0.4, 0.5) is 0 Å². The number of hydrogen-bond donors (Lipinski definition) is 5. The van der Waals surface area contributed by atoms with E-state index in [2.05, 4.69) is 16.0 Å². The van der Waals surface area contributed by atoms with Gasteiger partial charge in [-0.05, 0) is 6.42 Å². The molecule has 0 aromatic rings. The summed E-state index contributed by atoms with van der Waals surface area (Å²) in [5, 5.41) is 16.4. The van der Waals surface area contributed by atoms with Gasteiger partial charge in [-0.2, -0.15) is 0 Å². The van der Waals surface area contributed by atoms with Crippen molar-refractivity contribution in [3.63, 3.8) is 0 Å². The molecule has 0 radical (unpaired) electrons. The van der Waals surface area contributed by atoms with Crippen molar-refractivity contribution in [1.82, 2.24) is 16.0 Å². The van der Waals surface area contributed by atoms with Crippen LogP contribution < -0.4 is 21.7 Å². The molecule has 0 aliphatic carbocycles. The molecule has 3 amide bonds. The van der Waals surface area contributed by atoms with Crippen LogP contribution in [-0.4, -0.2) is 108 Å². The first-order valence-corrected chi connectivity index (χ1v) is 9.91. The second-order valence-corrected chi connectivity index (χ2v) is 6.14. The summed E-state index contributed by atoms with van der Waals surface area (Å²) in [5.74, 6) is -2.43. The molecule has 180 valence electrons. The van der Waals surface area contributed by atoms with Crippen molar-refractivity contribution in [2.24, 2.45) is 5.73 Å². The number of carboxylic acid groups (broad SMARTS) is 1. The molecule has 1 atom stereocenters. The van der Waals surface area contributed by atoms with Crippen LogP contribution in [0, 0.1) is 0 Å². The van der Waals surface area contributed by atoms with Gasteiger partial charge in [0.25, 0.3) is 0 Å². The number of rotatable bonds is 20. The molecule has 0 saturated carbocycles. The van der Waals surface area contributed by atoms with Crippen molar-refractivity contribution in [2.45, 2.75) is 18.9 Å². The first-order valence-electron chi connectivity index (χ1n) is 9.91. The molecule has 0 bridgehead atoms. The maximum atomic E-state index is 11.7. The topological polar surface area (TPSA) is 188 Å². The molecule has 0 aromatic heterocycles. The van der Waals surface area contributed by atoms with E-state index >= 15 is 0 Å². The normalized spacial score (nSPS) is 11.5. The van der Waals surface area contributed by atoms with Gasteiger partial charge < -0.3 is 45.7 Å². The number of carbonyl (C=O) groups is 4. The lowest BCUT2D eigenvalue weighted by molar-refractivity contribution is -0.143. The zero-order valence-electron chi connectivity index (χ0n) is 17.9. The minimum absolute atomic E-state index is 0.0195. The van der Waals surface area contributed by atoms with Gasteiger partial charge in [0.2, 0.25) is 17.7 Å². The number of ether oxygens (including phenoxy) is 4. The smallest absolute Gasteiger partial charge is 0.326 e. The van der Waals surface area contributed by atoms with Gasteiger partial charge in [-0.25, -0.2) is 4.79 Å². The molecule has 6 N–H and O–H groups in total. The Labute approximate surface area is 181 Å². The fourth-order valence-corrected chi connectivity index (χ4v) is 2.06. The van der Waals surface area contributed by atoms with E-state index in [-0.39, 0.29) is 64.2 Å². The summed E-state index contributed by atoms with van der Waals surface area (Å²) in [6, 6.07) is -1.17. The number of nitrogens with two attached hydrogens (primary N) is 1. The Bertz CT molecular complexity index is 534. The number of carboxylic acids is 1. The molecule has 0 aromatic carbocycles. The second-order valence-electron chi connectivity index (χ2n) is 6.14. The summed E-state index contributed by atoms with van der Waals surface area (Å²) in [6.07, 6.45) is -0.0446. The maximum absolute atomic E-state index is 11.7. The standard InChI is InChI=1S/C18H34N4O9/c1-20-15(23)3-2-14(18(26)27)22-17(25)13-31-11-9-29-7-5-21-16(24)12-30-10-8-28-6-4-19/h14H,2-13,19H2,1H3,(H,20,23)(H,21,24)(H,22,25)(H,26,27)/t14-/m0/s1. The molecule has 0 saturated heterocycles.